The van der Waals surface area contributed by atoms with E-state index in [1.807, 2.05) is 29.2 Å². The van der Waals surface area contributed by atoms with Crippen LogP contribution in [0.2, 0.25) is 0 Å². The molecule has 0 radical (unpaired) electrons. The summed E-state index contributed by atoms with van der Waals surface area (Å²) in [5.74, 6) is 0.439. The number of sulfone groups is 1. The van der Waals surface area contributed by atoms with E-state index in [1.165, 1.54) is 24.2 Å². The van der Waals surface area contributed by atoms with Crippen LogP contribution in [0.15, 0.2) is 29.3 Å². The number of hydrogen-bond acceptors (Lipinski definition) is 4. The first-order chi connectivity index (χ1) is 10.8. The molecule has 5 nitrogen and oxygen atoms in total. The van der Waals surface area contributed by atoms with E-state index in [9.17, 15) is 13.2 Å². The van der Waals surface area contributed by atoms with Crippen LogP contribution in [-0.2, 0) is 14.6 Å². The van der Waals surface area contributed by atoms with Crippen molar-refractivity contribution in [2.45, 2.75) is 38.0 Å². The van der Waals surface area contributed by atoms with E-state index in [1.54, 1.807) is 0 Å². The summed E-state index contributed by atoms with van der Waals surface area (Å²) in [6.07, 6.45) is 0. The number of benzene rings is 1. The maximum absolute atomic E-state index is 11.9. The third kappa shape index (κ3) is 3.30. The first kappa shape index (κ1) is 16.5. The molecule has 0 unspecified atom stereocenters. The summed E-state index contributed by atoms with van der Waals surface area (Å²) >= 11 is 1.40. The van der Waals surface area contributed by atoms with E-state index in [-0.39, 0.29) is 28.7 Å². The molecule has 2 heterocycles. The molecule has 0 bridgehead atoms. The number of carbonyl (C=O) groups is 1. The number of aliphatic imine (C=N–C) groups is 1. The number of carbonyl (C=O) groups excluding carboxylic acids is 1. The largest absolute Gasteiger partial charge is 0.316 e. The van der Waals surface area contributed by atoms with Crippen molar-refractivity contribution in [3.05, 3.63) is 29.8 Å². The van der Waals surface area contributed by atoms with Gasteiger partial charge in [0.1, 0.15) is 0 Å². The minimum absolute atomic E-state index is 0.0529. The zero-order chi connectivity index (χ0) is 16.8. The number of amidine groups is 1. The molecule has 0 aromatic heterocycles. The van der Waals surface area contributed by atoms with Crippen molar-refractivity contribution in [2.24, 2.45) is 4.99 Å². The van der Waals surface area contributed by atoms with E-state index in [2.05, 4.69) is 18.8 Å². The molecule has 2 fully saturated rings. The van der Waals surface area contributed by atoms with E-state index < -0.39 is 9.84 Å². The number of fused-ring (bicyclic) bond motifs is 1. The second-order valence-electron chi connectivity index (χ2n) is 6.33. The van der Waals surface area contributed by atoms with Gasteiger partial charge in [-0.1, -0.05) is 37.7 Å². The predicted molar refractivity (Wildman–Crippen MR) is 94.9 cm³/mol. The van der Waals surface area contributed by atoms with E-state index in [0.29, 0.717) is 11.1 Å². The Bertz CT molecular complexity index is 754. The molecule has 1 amide bonds. The molecule has 2 aliphatic heterocycles. The number of anilines is 1. The van der Waals surface area contributed by atoms with Gasteiger partial charge in [0, 0.05) is 17.9 Å². The quantitative estimate of drug-likeness (QED) is 0.818. The molecule has 3 rings (SSSR count). The maximum atomic E-state index is 11.9. The van der Waals surface area contributed by atoms with Crippen molar-refractivity contribution in [3.8, 4) is 0 Å². The van der Waals surface area contributed by atoms with Gasteiger partial charge in [-0.15, -0.1) is 0 Å². The first-order valence-electron chi connectivity index (χ1n) is 7.62. The summed E-state index contributed by atoms with van der Waals surface area (Å²) in [6.45, 7) is 5.67. The number of thioether (sulfide) groups is 1. The van der Waals surface area contributed by atoms with Crippen molar-refractivity contribution in [1.82, 2.24) is 0 Å². The molecule has 1 aromatic carbocycles. The van der Waals surface area contributed by atoms with Crippen LogP contribution in [0.1, 0.15) is 32.3 Å². The SMILES string of the molecule is CC(=O)N=C1S[C@@H]2CS(=O)(=O)C[C@@H]2N1c1ccc(C(C)C)cc1. The summed E-state index contributed by atoms with van der Waals surface area (Å²) in [5.41, 5.74) is 2.12. The Morgan fingerprint density at radius 2 is 1.91 bits per heavy atom. The molecule has 7 heteroatoms. The minimum Gasteiger partial charge on any atom is -0.316 e. The van der Waals surface area contributed by atoms with Crippen LogP contribution in [0, 0.1) is 0 Å². The van der Waals surface area contributed by atoms with Crippen molar-refractivity contribution in [3.63, 3.8) is 0 Å². The summed E-state index contributed by atoms with van der Waals surface area (Å²) in [4.78, 5) is 17.4. The lowest BCUT2D eigenvalue weighted by atomic mass is 10.0. The molecule has 0 aliphatic carbocycles. The lowest BCUT2D eigenvalue weighted by molar-refractivity contribution is -0.115. The molecule has 0 saturated carbocycles. The van der Waals surface area contributed by atoms with Gasteiger partial charge in [-0.3, -0.25) is 4.79 Å². The van der Waals surface area contributed by atoms with Gasteiger partial charge in [0.2, 0.25) is 5.91 Å². The molecular weight excluding hydrogens is 332 g/mol. The van der Waals surface area contributed by atoms with Crippen molar-refractivity contribution in [2.75, 3.05) is 16.4 Å². The zero-order valence-corrected chi connectivity index (χ0v) is 15.0. The fraction of sp³-hybridized carbons (Fsp3) is 0.500. The van der Waals surface area contributed by atoms with Gasteiger partial charge in [0.15, 0.2) is 15.0 Å². The van der Waals surface area contributed by atoms with Crippen LogP contribution in [-0.4, -0.2) is 42.3 Å². The van der Waals surface area contributed by atoms with Crippen LogP contribution in [0.5, 0.6) is 0 Å². The highest BCUT2D eigenvalue weighted by molar-refractivity contribution is 8.16. The monoisotopic (exact) mass is 352 g/mol. The molecule has 23 heavy (non-hydrogen) atoms. The first-order valence-corrected chi connectivity index (χ1v) is 10.3. The summed E-state index contributed by atoms with van der Waals surface area (Å²) in [7, 11) is -3.02. The molecule has 2 saturated heterocycles. The van der Waals surface area contributed by atoms with Gasteiger partial charge < -0.3 is 4.90 Å². The summed E-state index contributed by atoms with van der Waals surface area (Å²) in [5, 5.41) is 0.558. The van der Waals surface area contributed by atoms with Crippen molar-refractivity contribution in [1.29, 1.82) is 0 Å². The fourth-order valence-electron chi connectivity index (χ4n) is 3.02. The molecule has 124 valence electrons. The van der Waals surface area contributed by atoms with Gasteiger partial charge in [0.05, 0.1) is 17.5 Å². The van der Waals surface area contributed by atoms with E-state index in [4.69, 9.17) is 0 Å². The van der Waals surface area contributed by atoms with Crippen molar-refractivity contribution >= 4 is 38.4 Å². The standard InChI is InChI=1S/C16H20N2O3S2/c1-10(2)12-4-6-13(7-5-12)18-14-8-23(20,21)9-15(14)22-16(18)17-11(3)19/h4-7,10,14-15H,8-9H2,1-3H3/t14-,15+/m0/s1. The van der Waals surface area contributed by atoms with Crippen LogP contribution < -0.4 is 4.90 Å². The second-order valence-corrected chi connectivity index (χ2v) is 9.69. The Hall–Kier alpha value is -1.34. The Kier molecular flexibility index (Phi) is 4.27. The third-order valence-electron chi connectivity index (χ3n) is 4.16. The Labute approximate surface area is 141 Å². The van der Waals surface area contributed by atoms with Gasteiger partial charge in [-0.2, -0.15) is 4.99 Å². The Morgan fingerprint density at radius 3 is 2.48 bits per heavy atom. The topological polar surface area (TPSA) is 66.8 Å². The molecule has 0 N–H and O–H groups in total. The molecule has 2 aliphatic rings. The highest BCUT2D eigenvalue weighted by atomic mass is 32.2. The molecule has 2 atom stereocenters. The lowest BCUT2D eigenvalue weighted by Crippen LogP contribution is -2.37. The average Bonchev–Trinajstić information content (AvgIpc) is 2.89. The molecule has 0 spiro atoms. The second kappa shape index (κ2) is 5.94. The molecular formula is C16H20N2O3S2. The highest BCUT2D eigenvalue weighted by Crippen LogP contribution is 2.41. The Morgan fingerprint density at radius 1 is 1.26 bits per heavy atom. The van der Waals surface area contributed by atoms with Crippen molar-refractivity contribution < 1.29 is 13.2 Å². The molecule has 1 aromatic rings. The van der Waals surface area contributed by atoms with Gasteiger partial charge in [0.25, 0.3) is 0 Å². The van der Waals surface area contributed by atoms with E-state index in [0.717, 1.165) is 5.69 Å². The minimum atomic E-state index is -3.02. The number of amides is 1. The summed E-state index contributed by atoms with van der Waals surface area (Å²) < 4.78 is 23.9. The predicted octanol–water partition coefficient (Wildman–Crippen LogP) is 2.43. The fourth-order valence-corrected chi connectivity index (χ4v) is 6.98. The van der Waals surface area contributed by atoms with Crippen LogP contribution in [0.4, 0.5) is 5.69 Å². The number of rotatable bonds is 2. The lowest BCUT2D eigenvalue weighted by Gasteiger charge is -2.24. The van der Waals surface area contributed by atoms with Crippen LogP contribution >= 0.6 is 11.8 Å². The Balaban J connectivity index is 1.99. The normalized spacial score (nSPS) is 27.7. The number of hydrogen-bond donors (Lipinski definition) is 0. The summed E-state index contributed by atoms with van der Waals surface area (Å²) in [6, 6.07) is 7.92. The van der Waals surface area contributed by atoms with Gasteiger partial charge >= 0.3 is 0 Å². The zero-order valence-electron chi connectivity index (χ0n) is 13.4. The van der Waals surface area contributed by atoms with Gasteiger partial charge in [-0.05, 0) is 23.6 Å². The number of nitrogens with zero attached hydrogens (tertiary/aromatic N) is 2. The smallest absolute Gasteiger partial charge is 0.244 e. The van der Waals surface area contributed by atoms with Gasteiger partial charge in [-0.25, -0.2) is 8.42 Å². The van der Waals surface area contributed by atoms with Crippen LogP contribution in [0.3, 0.4) is 0 Å². The van der Waals surface area contributed by atoms with E-state index >= 15 is 0 Å². The maximum Gasteiger partial charge on any atom is 0.244 e. The van der Waals surface area contributed by atoms with Crippen LogP contribution in [0.25, 0.3) is 0 Å². The third-order valence-corrected chi connectivity index (χ3v) is 7.37. The average molecular weight is 352 g/mol. The highest BCUT2D eigenvalue weighted by Gasteiger charge is 2.49.